The van der Waals surface area contributed by atoms with Gasteiger partial charge in [0.2, 0.25) is 5.91 Å². The van der Waals surface area contributed by atoms with E-state index in [-0.39, 0.29) is 5.91 Å². The largest absolute Gasteiger partial charge is 0.370 e. The first kappa shape index (κ1) is 12.5. The third-order valence-corrected chi connectivity index (χ3v) is 4.47. The number of carbonyl (C=O) groups is 1. The van der Waals surface area contributed by atoms with Gasteiger partial charge in [0.15, 0.2) is 0 Å². The van der Waals surface area contributed by atoms with Crippen molar-refractivity contribution in [3.8, 4) is 0 Å². The number of rotatable bonds is 2. The lowest BCUT2D eigenvalue weighted by Crippen LogP contribution is -2.57. The highest BCUT2D eigenvalue weighted by Gasteiger charge is 2.48. The molecule has 0 saturated carbocycles. The van der Waals surface area contributed by atoms with Gasteiger partial charge in [-0.05, 0) is 24.1 Å². The molecule has 2 aliphatic rings. The molecule has 1 amide bonds. The molecule has 0 unspecified atom stereocenters. The molecule has 102 valence electrons. The van der Waals surface area contributed by atoms with Crippen molar-refractivity contribution in [1.29, 1.82) is 0 Å². The van der Waals surface area contributed by atoms with Crippen LogP contribution >= 0.6 is 0 Å². The van der Waals surface area contributed by atoms with Crippen molar-refractivity contribution in [1.82, 2.24) is 4.90 Å². The van der Waals surface area contributed by atoms with Crippen LogP contribution in [0, 0.1) is 5.41 Å². The number of nitrogens with two attached hydrogens (primary N) is 1. The molecule has 0 aromatic heterocycles. The van der Waals surface area contributed by atoms with Gasteiger partial charge in [-0.1, -0.05) is 12.1 Å². The van der Waals surface area contributed by atoms with Crippen LogP contribution in [0.3, 0.4) is 0 Å². The molecule has 0 aliphatic carbocycles. The second kappa shape index (κ2) is 4.53. The molecule has 2 heterocycles. The van der Waals surface area contributed by atoms with Crippen molar-refractivity contribution in [2.75, 3.05) is 31.1 Å². The standard InChI is InChI=1S/C15H21N3O/c1-12(19)17-7-6-15(9-17)10-18(11-15)14-4-2-13(8-16)3-5-14/h2-5H,6-11,16H2,1H3. The van der Waals surface area contributed by atoms with Gasteiger partial charge in [0.05, 0.1) is 0 Å². The fourth-order valence-electron chi connectivity index (χ4n) is 3.25. The van der Waals surface area contributed by atoms with Gasteiger partial charge >= 0.3 is 0 Å². The maximum absolute atomic E-state index is 11.4. The first-order valence-electron chi connectivity index (χ1n) is 6.91. The minimum Gasteiger partial charge on any atom is -0.370 e. The first-order chi connectivity index (χ1) is 9.12. The summed E-state index contributed by atoms with van der Waals surface area (Å²) in [6.07, 6.45) is 1.14. The van der Waals surface area contributed by atoms with E-state index in [0.29, 0.717) is 12.0 Å². The maximum Gasteiger partial charge on any atom is 0.219 e. The molecule has 3 rings (SSSR count). The lowest BCUT2D eigenvalue weighted by atomic mass is 9.78. The lowest BCUT2D eigenvalue weighted by molar-refractivity contribution is -0.128. The summed E-state index contributed by atoms with van der Waals surface area (Å²) in [4.78, 5) is 15.8. The Bertz CT molecular complexity index is 477. The predicted octanol–water partition coefficient (Wildman–Crippen LogP) is 1.20. The van der Waals surface area contributed by atoms with Crippen LogP contribution in [0.1, 0.15) is 18.9 Å². The third kappa shape index (κ3) is 2.21. The van der Waals surface area contributed by atoms with E-state index < -0.39 is 0 Å². The number of carbonyl (C=O) groups excluding carboxylic acids is 1. The second-order valence-corrected chi connectivity index (χ2v) is 5.92. The minimum atomic E-state index is 0.211. The molecule has 0 bridgehead atoms. The molecule has 2 saturated heterocycles. The molecule has 0 atom stereocenters. The summed E-state index contributed by atoms with van der Waals surface area (Å²) in [7, 11) is 0. The van der Waals surface area contributed by atoms with Crippen LogP contribution in [0.25, 0.3) is 0 Å². The molecule has 2 aliphatic heterocycles. The molecule has 4 heteroatoms. The number of anilines is 1. The van der Waals surface area contributed by atoms with E-state index in [0.717, 1.165) is 32.6 Å². The van der Waals surface area contributed by atoms with Crippen molar-refractivity contribution in [2.24, 2.45) is 11.1 Å². The van der Waals surface area contributed by atoms with E-state index in [1.165, 1.54) is 11.3 Å². The molecular formula is C15H21N3O. The van der Waals surface area contributed by atoms with Crippen LogP contribution < -0.4 is 10.6 Å². The fourth-order valence-corrected chi connectivity index (χ4v) is 3.25. The number of amides is 1. The average molecular weight is 259 g/mol. The smallest absolute Gasteiger partial charge is 0.219 e. The van der Waals surface area contributed by atoms with Gasteiger partial charge in [-0.25, -0.2) is 0 Å². The Kier molecular flexibility index (Phi) is 2.97. The van der Waals surface area contributed by atoms with Crippen LogP contribution in [0.4, 0.5) is 5.69 Å². The second-order valence-electron chi connectivity index (χ2n) is 5.92. The molecule has 19 heavy (non-hydrogen) atoms. The van der Waals surface area contributed by atoms with Crippen molar-refractivity contribution in [2.45, 2.75) is 19.9 Å². The average Bonchev–Trinajstić information content (AvgIpc) is 2.83. The summed E-state index contributed by atoms with van der Waals surface area (Å²) in [6, 6.07) is 8.48. The van der Waals surface area contributed by atoms with Crippen molar-refractivity contribution in [3.63, 3.8) is 0 Å². The Morgan fingerprint density at radius 1 is 1.26 bits per heavy atom. The number of benzene rings is 1. The summed E-state index contributed by atoms with van der Waals surface area (Å²) in [5.74, 6) is 0.211. The predicted molar refractivity (Wildman–Crippen MR) is 75.9 cm³/mol. The topological polar surface area (TPSA) is 49.6 Å². The molecule has 1 aromatic carbocycles. The zero-order valence-corrected chi connectivity index (χ0v) is 11.4. The van der Waals surface area contributed by atoms with Crippen LogP contribution in [0.5, 0.6) is 0 Å². The maximum atomic E-state index is 11.4. The van der Waals surface area contributed by atoms with Crippen molar-refractivity contribution < 1.29 is 4.79 Å². The van der Waals surface area contributed by atoms with Crippen molar-refractivity contribution in [3.05, 3.63) is 29.8 Å². The number of hydrogen-bond acceptors (Lipinski definition) is 3. The lowest BCUT2D eigenvalue weighted by Gasteiger charge is -2.49. The van der Waals surface area contributed by atoms with Gasteiger partial charge in [0.25, 0.3) is 0 Å². The van der Waals surface area contributed by atoms with E-state index in [1.807, 2.05) is 4.90 Å². The zero-order valence-electron chi connectivity index (χ0n) is 11.4. The van der Waals surface area contributed by atoms with E-state index >= 15 is 0 Å². The molecule has 4 nitrogen and oxygen atoms in total. The fraction of sp³-hybridized carbons (Fsp3) is 0.533. The normalized spacial score (nSPS) is 20.7. The molecule has 1 aromatic rings. The summed E-state index contributed by atoms with van der Waals surface area (Å²) in [5, 5.41) is 0. The van der Waals surface area contributed by atoms with Crippen LogP contribution in [0.2, 0.25) is 0 Å². The van der Waals surface area contributed by atoms with Crippen LogP contribution in [0.15, 0.2) is 24.3 Å². The Labute approximate surface area is 114 Å². The van der Waals surface area contributed by atoms with E-state index in [4.69, 9.17) is 5.73 Å². The highest BCUT2D eigenvalue weighted by molar-refractivity contribution is 5.73. The van der Waals surface area contributed by atoms with Gasteiger partial charge < -0.3 is 15.5 Å². The Hall–Kier alpha value is -1.55. The molecular weight excluding hydrogens is 238 g/mol. The Morgan fingerprint density at radius 3 is 2.47 bits per heavy atom. The highest BCUT2D eigenvalue weighted by atomic mass is 16.2. The molecule has 2 N–H and O–H groups in total. The highest BCUT2D eigenvalue weighted by Crippen LogP contribution is 2.41. The van der Waals surface area contributed by atoms with Crippen LogP contribution in [-0.2, 0) is 11.3 Å². The van der Waals surface area contributed by atoms with Crippen LogP contribution in [-0.4, -0.2) is 37.0 Å². The minimum absolute atomic E-state index is 0.211. The Balaban J connectivity index is 1.62. The third-order valence-electron chi connectivity index (χ3n) is 4.47. The number of likely N-dealkylation sites (tertiary alicyclic amines) is 1. The monoisotopic (exact) mass is 259 g/mol. The first-order valence-corrected chi connectivity index (χ1v) is 6.91. The summed E-state index contributed by atoms with van der Waals surface area (Å²) < 4.78 is 0. The van der Waals surface area contributed by atoms with Crippen molar-refractivity contribution >= 4 is 11.6 Å². The van der Waals surface area contributed by atoms with E-state index in [2.05, 4.69) is 29.2 Å². The molecule has 1 spiro atoms. The molecule has 2 fully saturated rings. The van der Waals surface area contributed by atoms with Gasteiger partial charge in [-0.3, -0.25) is 4.79 Å². The van der Waals surface area contributed by atoms with E-state index in [1.54, 1.807) is 6.92 Å². The number of hydrogen-bond donors (Lipinski definition) is 1. The number of nitrogens with zero attached hydrogens (tertiary/aromatic N) is 2. The van der Waals surface area contributed by atoms with Gasteiger partial charge in [-0.2, -0.15) is 0 Å². The summed E-state index contributed by atoms with van der Waals surface area (Å²) in [5.41, 5.74) is 8.39. The van der Waals surface area contributed by atoms with Gasteiger partial charge in [0.1, 0.15) is 0 Å². The zero-order chi connectivity index (χ0) is 13.5. The summed E-state index contributed by atoms with van der Waals surface area (Å²) in [6.45, 7) is 6.26. The van der Waals surface area contributed by atoms with Gasteiger partial charge in [-0.15, -0.1) is 0 Å². The Morgan fingerprint density at radius 2 is 1.95 bits per heavy atom. The SMILES string of the molecule is CC(=O)N1CCC2(C1)CN(c1ccc(CN)cc1)C2. The quantitative estimate of drug-likeness (QED) is 0.868. The van der Waals surface area contributed by atoms with E-state index in [9.17, 15) is 4.79 Å². The summed E-state index contributed by atoms with van der Waals surface area (Å²) >= 11 is 0. The molecule has 0 radical (unpaired) electrons. The van der Waals surface area contributed by atoms with Gasteiger partial charge in [0, 0.05) is 50.7 Å².